The zero-order valence-electron chi connectivity index (χ0n) is 10.3. The van der Waals surface area contributed by atoms with Gasteiger partial charge in [0.2, 0.25) is 0 Å². The van der Waals surface area contributed by atoms with Crippen molar-refractivity contribution in [3.05, 3.63) is 46.2 Å². The van der Waals surface area contributed by atoms with Gasteiger partial charge in [-0.1, -0.05) is 23.8 Å². The normalized spacial score (nSPS) is 12.2. The van der Waals surface area contributed by atoms with Crippen molar-refractivity contribution < 1.29 is 9.90 Å². The van der Waals surface area contributed by atoms with Gasteiger partial charge < -0.3 is 5.11 Å². The number of benzene rings is 1. The van der Waals surface area contributed by atoms with Crippen LogP contribution in [0.3, 0.4) is 0 Å². The number of Topliss-reactive ketones (excluding diaryl/α,β-unsaturated/α-hetero) is 1. The molecule has 16 heavy (non-hydrogen) atoms. The number of rotatable bonds is 3. The maximum Gasteiger partial charge on any atom is 0.159 e. The molecule has 1 rings (SSSR count). The van der Waals surface area contributed by atoms with Crippen molar-refractivity contribution in [3.63, 3.8) is 0 Å². The number of ketones is 1. The first-order chi connectivity index (χ1) is 7.41. The van der Waals surface area contributed by atoms with Gasteiger partial charge in [-0.25, -0.2) is 0 Å². The quantitative estimate of drug-likeness (QED) is 0.624. The molecule has 0 fully saturated rings. The minimum absolute atomic E-state index is 0.0686. The van der Waals surface area contributed by atoms with Crippen molar-refractivity contribution in [2.75, 3.05) is 0 Å². The van der Waals surface area contributed by atoms with Gasteiger partial charge in [-0.2, -0.15) is 0 Å². The van der Waals surface area contributed by atoms with E-state index in [0.29, 0.717) is 12.0 Å². The van der Waals surface area contributed by atoms with Crippen molar-refractivity contribution in [2.24, 2.45) is 0 Å². The second kappa shape index (κ2) is 4.97. The topological polar surface area (TPSA) is 37.3 Å². The maximum absolute atomic E-state index is 11.4. The second-order valence-corrected chi connectivity index (χ2v) is 4.23. The highest BCUT2D eigenvalue weighted by Gasteiger charge is 2.10. The largest absolute Gasteiger partial charge is 0.512 e. The van der Waals surface area contributed by atoms with Crippen LogP contribution in [0.25, 0.3) is 0 Å². The van der Waals surface area contributed by atoms with Gasteiger partial charge in [-0.3, -0.25) is 4.79 Å². The van der Waals surface area contributed by atoms with Gasteiger partial charge in [0.15, 0.2) is 5.78 Å². The van der Waals surface area contributed by atoms with Gasteiger partial charge in [0.25, 0.3) is 0 Å². The molecule has 0 heterocycles. The molecular formula is C14H18O2. The standard InChI is InChI=1S/C14H18O2/c1-9-5-6-10(2)13(7-9)8-14(11(3)15)12(4)16/h5-7,15H,8H2,1-4H3. The molecule has 0 aliphatic rings. The van der Waals surface area contributed by atoms with Gasteiger partial charge in [-0.05, 0) is 38.8 Å². The Bertz CT molecular complexity index is 438. The van der Waals surface area contributed by atoms with E-state index in [1.165, 1.54) is 12.5 Å². The Balaban J connectivity index is 3.08. The molecule has 1 aromatic rings. The van der Waals surface area contributed by atoms with Gasteiger partial charge in [0.1, 0.15) is 0 Å². The van der Waals surface area contributed by atoms with Crippen molar-refractivity contribution in [3.8, 4) is 0 Å². The van der Waals surface area contributed by atoms with Crippen LogP contribution in [0.5, 0.6) is 0 Å². The average Bonchev–Trinajstić information content (AvgIpc) is 2.18. The third-order valence-corrected chi connectivity index (χ3v) is 2.73. The van der Waals surface area contributed by atoms with E-state index >= 15 is 0 Å². The van der Waals surface area contributed by atoms with Gasteiger partial charge in [0, 0.05) is 12.0 Å². The van der Waals surface area contributed by atoms with E-state index in [0.717, 1.165) is 11.1 Å². The summed E-state index contributed by atoms with van der Waals surface area (Å²) in [5, 5.41) is 9.46. The van der Waals surface area contributed by atoms with Gasteiger partial charge >= 0.3 is 0 Å². The molecule has 1 N–H and O–H groups in total. The van der Waals surface area contributed by atoms with E-state index in [9.17, 15) is 9.90 Å². The van der Waals surface area contributed by atoms with Crippen LogP contribution in [-0.4, -0.2) is 10.9 Å². The Hall–Kier alpha value is -1.57. The number of aliphatic hydroxyl groups excluding tert-OH is 1. The monoisotopic (exact) mass is 218 g/mol. The molecule has 86 valence electrons. The summed E-state index contributed by atoms with van der Waals surface area (Å²) in [6.07, 6.45) is 0.505. The fourth-order valence-corrected chi connectivity index (χ4v) is 1.69. The number of carbonyl (C=O) groups excluding carboxylic acids is 1. The lowest BCUT2D eigenvalue weighted by atomic mass is 9.96. The number of carbonyl (C=O) groups is 1. The molecule has 0 bridgehead atoms. The summed E-state index contributed by atoms with van der Waals surface area (Å²) in [6, 6.07) is 6.14. The number of aliphatic hydroxyl groups is 1. The lowest BCUT2D eigenvalue weighted by Crippen LogP contribution is -2.05. The Morgan fingerprint density at radius 2 is 1.88 bits per heavy atom. The SMILES string of the molecule is CC(=O)C(Cc1cc(C)ccc1C)=C(C)O. The Morgan fingerprint density at radius 1 is 1.25 bits per heavy atom. The summed E-state index contributed by atoms with van der Waals surface area (Å²) in [6.45, 7) is 7.08. The van der Waals surface area contributed by atoms with Crippen LogP contribution in [0, 0.1) is 13.8 Å². The smallest absolute Gasteiger partial charge is 0.159 e. The fourth-order valence-electron chi connectivity index (χ4n) is 1.69. The van der Waals surface area contributed by atoms with Crippen molar-refractivity contribution in [2.45, 2.75) is 34.1 Å². The minimum atomic E-state index is -0.0686. The first kappa shape index (κ1) is 12.5. The predicted molar refractivity (Wildman–Crippen MR) is 65.6 cm³/mol. The third kappa shape index (κ3) is 2.96. The summed E-state index contributed by atoms with van der Waals surface area (Å²) in [5.74, 6) is 0.0503. The number of allylic oxidation sites excluding steroid dienone is 2. The molecule has 0 aromatic heterocycles. The van der Waals surface area contributed by atoms with E-state index < -0.39 is 0 Å². The average molecular weight is 218 g/mol. The molecule has 0 amide bonds. The maximum atomic E-state index is 11.4. The summed E-state index contributed by atoms with van der Waals surface area (Å²) >= 11 is 0. The van der Waals surface area contributed by atoms with Crippen LogP contribution in [0.1, 0.15) is 30.5 Å². The molecule has 0 aliphatic heterocycles. The van der Waals surface area contributed by atoms with Crippen molar-refractivity contribution in [1.29, 1.82) is 0 Å². The molecule has 0 aliphatic carbocycles. The first-order valence-electron chi connectivity index (χ1n) is 5.37. The first-order valence-corrected chi connectivity index (χ1v) is 5.37. The highest BCUT2D eigenvalue weighted by atomic mass is 16.3. The number of hydrogen-bond donors (Lipinski definition) is 1. The van der Waals surface area contributed by atoms with Crippen LogP contribution in [0.15, 0.2) is 29.5 Å². The molecule has 0 atom stereocenters. The van der Waals surface area contributed by atoms with Crippen LogP contribution in [-0.2, 0) is 11.2 Å². The summed E-state index contributed by atoms with van der Waals surface area (Å²) in [7, 11) is 0. The fraction of sp³-hybridized carbons (Fsp3) is 0.357. The minimum Gasteiger partial charge on any atom is -0.512 e. The van der Waals surface area contributed by atoms with E-state index in [-0.39, 0.29) is 11.5 Å². The lowest BCUT2D eigenvalue weighted by molar-refractivity contribution is -0.113. The van der Waals surface area contributed by atoms with Crippen molar-refractivity contribution >= 4 is 5.78 Å². The zero-order chi connectivity index (χ0) is 12.3. The highest BCUT2D eigenvalue weighted by Crippen LogP contribution is 2.17. The molecule has 2 nitrogen and oxygen atoms in total. The summed E-state index contributed by atoms with van der Waals surface area (Å²) in [4.78, 5) is 11.4. The van der Waals surface area contributed by atoms with Crippen LogP contribution < -0.4 is 0 Å². The molecule has 0 unspecified atom stereocenters. The number of aryl methyl sites for hydroxylation is 2. The van der Waals surface area contributed by atoms with E-state index in [1.54, 1.807) is 6.92 Å². The van der Waals surface area contributed by atoms with Gasteiger partial charge in [-0.15, -0.1) is 0 Å². The molecule has 0 radical (unpaired) electrons. The third-order valence-electron chi connectivity index (χ3n) is 2.73. The van der Waals surface area contributed by atoms with Crippen LogP contribution in [0.2, 0.25) is 0 Å². The molecular weight excluding hydrogens is 200 g/mol. The summed E-state index contributed by atoms with van der Waals surface area (Å²) in [5.41, 5.74) is 3.90. The zero-order valence-corrected chi connectivity index (χ0v) is 10.3. The van der Waals surface area contributed by atoms with Crippen LogP contribution in [0.4, 0.5) is 0 Å². The Kier molecular flexibility index (Phi) is 3.88. The van der Waals surface area contributed by atoms with Crippen LogP contribution >= 0.6 is 0 Å². The Morgan fingerprint density at radius 3 is 2.38 bits per heavy atom. The van der Waals surface area contributed by atoms with E-state index in [1.807, 2.05) is 26.0 Å². The van der Waals surface area contributed by atoms with Crippen molar-refractivity contribution in [1.82, 2.24) is 0 Å². The highest BCUT2D eigenvalue weighted by molar-refractivity contribution is 5.94. The lowest BCUT2D eigenvalue weighted by Gasteiger charge is -2.09. The number of hydrogen-bond acceptors (Lipinski definition) is 2. The molecule has 0 saturated heterocycles. The molecule has 2 heteroatoms. The summed E-state index contributed by atoms with van der Waals surface area (Å²) < 4.78 is 0. The predicted octanol–water partition coefficient (Wildman–Crippen LogP) is 3.27. The Labute approximate surface area is 96.6 Å². The molecule has 1 aromatic carbocycles. The molecule has 0 saturated carbocycles. The van der Waals surface area contributed by atoms with Gasteiger partial charge in [0.05, 0.1) is 5.76 Å². The molecule has 0 spiro atoms. The van der Waals surface area contributed by atoms with E-state index in [2.05, 4.69) is 6.07 Å². The second-order valence-electron chi connectivity index (χ2n) is 4.23. The van der Waals surface area contributed by atoms with E-state index in [4.69, 9.17) is 0 Å².